The van der Waals surface area contributed by atoms with Crippen molar-refractivity contribution in [2.45, 2.75) is 50.5 Å². The van der Waals surface area contributed by atoms with Crippen LogP contribution in [0.4, 0.5) is 0 Å². The van der Waals surface area contributed by atoms with Gasteiger partial charge >= 0.3 is 0 Å². The average molecular weight is 313 g/mol. The smallest absolute Gasteiger partial charge is 0.242 e. The maximum Gasteiger partial charge on any atom is 0.242 e. The van der Waals surface area contributed by atoms with Gasteiger partial charge in [-0.25, -0.2) is 13.1 Å². The number of nitrogens with one attached hydrogen (secondary N) is 3. The van der Waals surface area contributed by atoms with E-state index in [-0.39, 0.29) is 0 Å². The van der Waals surface area contributed by atoms with Gasteiger partial charge in [0.05, 0.1) is 4.90 Å². The molecule has 0 bridgehead atoms. The van der Waals surface area contributed by atoms with Crippen LogP contribution in [0, 0.1) is 11.8 Å². The van der Waals surface area contributed by atoms with E-state index >= 15 is 0 Å². The van der Waals surface area contributed by atoms with Crippen molar-refractivity contribution in [2.24, 2.45) is 11.8 Å². The molecule has 120 valence electrons. The minimum atomic E-state index is -3.38. The summed E-state index contributed by atoms with van der Waals surface area (Å²) in [6, 6.07) is 1.68. The zero-order valence-corrected chi connectivity index (χ0v) is 13.8. The SMILES string of the molecule is CNCc1cc(S(=O)(=O)NCCC2CCCC(C)C2)c[nH]1. The second-order valence-corrected chi connectivity index (χ2v) is 7.98. The molecule has 1 saturated carbocycles. The van der Waals surface area contributed by atoms with Crippen molar-refractivity contribution in [2.75, 3.05) is 13.6 Å². The second-order valence-electron chi connectivity index (χ2n) is 6.22. The molecule has 2 atom stereocenters. The van der Waals surface area contributed by atoms with Crippen LogP contribution in [0.2, 0.25) is 0 Å². The van der Waals surface area contributed by atoms with Gasteiger partial charge in [0, 0.05) is 25.0 Å². The first-order valence-electron chi connectivity index (χ1n) is 7.83. The van der Waals surface area contributed by atoms with Crippen molar-refractivity contribution in [1.82, 2.24) is 15.0 Å². The molecular formula is C15H27N3O2S. The molecule has 1 fully saturated rings. The third-order valence-corrected chi connectivity index (χ3v) is 5.72. The molecule has 0 spiro atoms. The van der Waals surface area contributed by atoms with Gasteiger partial charge in [0.15, 0.2) is 0 Å². The lowest BCUT2D eigenvalue weighted by Gasteiger charge is -2.26. The highest BCUT2D eigenvalue weighted by atomic mass is 32.2. The highest BCUT2D eigenvalue weighted by Crippen LogP contribution is 2.30. The Hall–Kier alpha value is -0.850. The standard InChI is InChI=1S/C15H27N3O2S/c1-12-4-3-5-13(8-12)6-7-18-21(19,20)15-9-14(10-16-2)17-11-15/h9,11-13,16-18H,3-8,10H2,1-2H3. The van der Waals surface area contributed by atoms with Crippen molar-refractivity contribution in [3.8, 4) is 0 Å². The quantitative estimate of drug-likeness (QED) is 0.722. The lowest BCUT2D eigenvalue weighted by Crippen LogP contribution is -2.27. The van der Waals surface area contributed by atoms with Crippen LogP contribution in [0.25, 0.3) is 0 Å². The summed E-state index contributed by atoms with van der Waals surface area (Å²) in [5.41, 5.74) is 0.874. The van der Waals surface area contributed by atoms with Crippen LogP contribution in [0.1, 0.15) is 44.7 Å². The molecule has 1 aliphatic rings. The molecule has 21 heavy (non-hydrogen) atoms. The highest BCUT2D eigenvalue weighted by Gasteiger charge is 2.20. The number of hydrogen-bond donors (Lipinski definition) is 3. The highest BCUT2D eigenvalue weighted by molar-refractivity contribution is 7.89. The lowest BCUT2D eigenvalue weighted by molar-refractivity contribution is 0.271. The van der Waals surface area contributed by atoms with Gasteiger partial charge in [-0.3, -0.25) is 0 Å². The summed E-state index contributed by atoms with van der Waals surface area (Å²) in [7, 11) is -1.55. The van der Waals surface area contributed by atoms with E-state index in [1.54, 1.807) is 12.3 Å². The van der Waals surface area contributed by atoms with Gasteiger partial charge in [0.1, 0.15) is 0 Å². The largest absolute Gasteiger partial charge is 0.363 e. The number of H-pyrrole nitrogens is 1. The maximum absolute atomic E-state index is 12.2. The molecule has 1 aromatic heterocycles. The van der Waals surface area contributed by atoms with Crippen LogP contribution >= 0.6 is 0 Å². The average Bonchev–Trinajstić information content (AvgIpc) is 2.88. The fraction of sp³-hybridized carbons (Fsp3) is 0.733. The van der Waals surface area contributed by atoms with Crippen molar-refractivity contribution in [1.29, 1.82) is 0 Å². The molecule has 6 heteroatoms. The van der Waals surface area contributed by atoms with E-state index in [9.17, 15) is 8.42 Å². The zero-order valence-electron chi connectivity index (χ0n) is 13.0. The van der Waals surface area contributed by atoms with Gasteiger partial charge < -0.3 is 10.3 Å². The first kappa shape index (κ1) is 16.5. The summed E-state index contributed by atoms with van der Waals surface area (Å²) in [5, 5.41) is 2.99. The number of sulfonamides is 1. The second kappa shape index (κ2) is 7.42. The molecule has 0 radical (unpaired) electrons. The Labute approximate surface area is 128 Å². The zero-order chi connectivity index (χ0) is 15.3. The molecule has 0 aromatic carbocycles. The van der Waals surface area contributed by atoms with Crippen LogP contribution < -0.4 is 10.0 Å². The van der Waals surface area contributed by atoms with E-state index < -0.39 is 10.0 Å². The number of aromatic amines is 1. The Morgan fingerprint density at radius 3 is 2.90 bits per heavy atom. The molecule has 3 N–H and O–H groups in total. The Bertz CT molecular complexity index is 539. The molecule has 5 nitrogen and oxygen atoms in total. The van der Waals surface area contributed by atoms with Crippen molar-refractivity contribution < 1.29 is 8.42 Å². The molecular weight excluding hydrogens is 286 g/mol. The third-order valence-electron chi connectivity index (χ3n) is 4.28. The van der Waals surface area contributed by atoms with Gasteiger partial charge in [-0.2, -0.15) is 0 Å². The van der Waals surface area contributed by atoms with Crippen LogP contribution in [0.15, 0.2) is 17.2 Å². The van der Waals surface area contributed by atoms with E-state index in [2.05, 4.69) is 21.9 Å². The van der Waals surface area contributed by atoms with Gasteiger partial charge in [-0.1, -0.05) is 26.2 Å². The van der Waals surface area contributed by atoms with Crippen LogP contribution in [0.3, 0.4) is 0 Å². The Balaban J connectivity index is 1.83. The molecule has 0 amide bonds. The predicted octanol–water partition coefficient (Wildman–Crippen LogP) is 2.23. The van der Waals surface area contributed by atoms with Crippen molar-refractivity contribution in [3.05, 3.63) is 18.0 Å². The van der Waals surface area contributed by atoms with Gasteiger partial charge in [0.2, 0.25) is 10.0 Å². The minimum Gasteiger partial charge on any atom is -0.363 e. The van der Waals surface area contributed by atoms with Crippen molar-refractivity contribution in [3.63, 3.8) is 0 Å². The van der Waals surface area contributed by atoms with Crippen molar-refractivity contribution >= 4 is 10.0 Å². The number of rotatable bonds is 7. The summed E-state index contributed by atoms with van der Waals surface area (Å²) in [5.74, 6) is 1.46. The van der Waals surface area contributed by atoms with E-state index in [0.717, 1.165) is 18.0 Å². The monoisotopic (exact) mass is 313 g/mol. The summed E-state index contributed by atoms with van der Waals surface area (Å²) in [4.78, 5) is 3.30. The summed E-state index contributed by atoms with van der Waals surface area (Å²) in [6.07, 6.45) is 7.57. The minimum absolute atomic E-state index is 0.324. The number of hydrogen-bond acceptors (Lipinski definition) is 3. The van der Waals surface area contributed by atoms with Gasteiger partial charge in [0.25, 0.3) is 0 Å². The Morgan fingerprint density at radius 2 is 2.19 bits per heavy atom. The maximum atomic E-state index is 12.2. The number of aromatic nitrogens is 1. The first-order valence-corrected chi connectivity index (χ1v) is 9.31. The lowest BCUT2D eigenvalue weighted by atomic mass is 9.81. The summed E-state index contributed by atoms with van der Waals surface area (Å²) in [6.45, 7) is 3.46. The van der Waals surface area contributed by atoms with Gasteiger partial charge in [-0.15, -0.1) is 0 Å². The van der Waals surface area contributed by atoms with E-state index in [4.69, 9.17) is 0 Å². The Morgan fingerprint density at radius 1 is 1.38 bits per heavy atom. The Kier molecular flexibility index (Phi) is 5.84. The molecule has 0 saturated heterocycles. The fourth-order valence-electron chi connectivity index (χ4n) is 3.17. The van der Waals surface area contributed by atoms with Crippen LogP contribution in [-0.4, -0.2) is 27.0 Å². The predicted molar refractivity (Wildman–Crippen MR) is 84.5 cm³/mol. The molecule has 1 aromatic rings. The van der Waals surface area contributed by atoms with Crippen LogP contribution in [-0.2, 0) is 16.6 Å². The van der Waals surface area contributed by atoms with Gasteiger partial charge in [-0.05, 0) is 37.8 Å². The van der Waals surface area contributed by atoms with E-state index in [1.165, 1.54) is 25.7 Å². The first-order chi connectivity index (χ1) is 10.0. The molecule has 1 heterocycles. The summed E-state index contributed by atoms with van der Waals surface area (Å²) >= 11 is 0. The topological polar surface area (TPSA) is 74.0 Å². The molecule has 2 unspecified atom stereocenters. The molecule has 1 aliphatic carbocycles. The molecule has 2 rings (SSSR count). The van der Waals surface area contributed by atoms with E-state index in [1.807, 2.05) is 7.05 Å². The normalized spacial score (nSPS) is 23.3. The summed E-state index contributed by atoms with van der Waals surface area (Å²) < 4.78 is 27.1. The fourth-order valence-corrected chi connectivity index (χ4v) is 4.23. The van der Waals surface area contributed by atoms with E-state index in [0.29, 0.717) is 23.9 Å². The van der Waals surface area contributed by atoms with Crippen LogP contribution in [0.5, 0.6) is 0 Å². The third kappa shape index (κ3) is 4.83. The molecule has 0 aliphatic heterocycles.